The van der Waals surface area contributed by atoms with Gasteiger partial charge in [0.05, 0.1) is 14.2 Å². The first-order valence-electron chi connectivity index (χ1n) is 4.75. The third-order valence-corrected chi connectivity index (χ3v) is 1.98. The lowest BCUT2D eigenvalue weighted by molar-refractivity contribution is -0.127. The normalized spacial score (nSPS) is 10.1. The summed E-state index contributed by atoms with van der Waals surface area (Å²) >= 11 is 0. The van der Waals surface area contributed by atoms with Gasteiger partial charge < -0.3 is 14.2 Å². The van der Waals surface area contributed by atoms with Gasteiger partial charge in [-0.2, -0.15) is 0 Å². The van der Waals surface area contributed by atoms with Crippen LogP contribution in [0.2, 0.25) is 0 Å². The van der Waals surface area contributed by atoms with Crippen LogP contribution < -0.4 is 9.47 Å². The molecule has 0 unspecified atom stereocenters. The summed E-state index contributed by atoms with van der Waals surface area (Å²) in [6.45, 7) is 0.677. The first-order valence-corrected chi connectivity index (χ1v) is 4.75. The summed E-state index contributed by atoms with van der Waals surface area (Å²) in [4.78, 5) is 9.91. The largest absolute Gasteiger partial charge is 0.493 e. The minimum absolute atomic E-state index is 0.262. The van der Waals surface area contributed by atoms with Crippen molar-refractivity contribution in [1.29, 1.82) is 0 Å². The fourth-order valence-corrected chi connectivity index (χ4v) is 1.24. The first kappa shape index (κ1) is 12.1. The van der Waals surface area contributed by atoms with E-state index < -0.39 is 0 Å². The Labute approximate surface area is 94.4 Å². The Bertz CT molecular complexity index is 371. The van der Waals surface area contributed by atoms with Gasteiger partial charge in [-0.15, -0.1) is 0 Å². The molecule has 0 N–H and O–H groups in total. The molecule has 0 fully saturated rings. The quantitative estimate of drug-likeness (QED) is 0.544. The highest BCUT2D eigenvalue weighted by atomic mass is 16.5. The van der Waals surface area contributed by atoms with Gasteiger partial charge in [0, 0.05) is 0 Å². The van der Waals surface area contributed by atoms with Crippen LogP contribution in [0.3, 0.4) is 0 Å². The van der Waals surface area contributed by atoms with Crippen molar-refractivity contribution in [3.63, 3.8) is 0 Å². The smallest absolute Gasteiger partial charge is 0.293 e. The van der Waals surface area contributed by atoms with Crippen molar-refractivity contribution >= 4 is 12.5 Å². The molecule has 0 aromatic heterocycles. The number of rotatable bonds is 6. The highest BCUT2D eigenvalue weighted by Gasteiger charge is 2.02. The van der Waals surface area contributed by atoms with Crippen molar-refractivity contribution in [2.45, 2.75) is 0 Å². The van der Waals surface area contributed by atoms with E-state index in [0.29, 0.717) is 18.0 Å². The fraction of sp³-hybridized carbons (Fsp3) is 0.250. The molecule has 0 radical (unpaired) electrons. The summed E-state index contributed by atoms with van der Waals surface area (Å²) in [5.41, 5.74) is 0.951. The van der Waals surface area contributed by atoms with Gasteiger partial charge in [-0.3, -0.25) is 4.79 Å². The van der Waals surface area contributed by atoms with E-state index in [1.165, 1.54) is 0 Å². The third kappa shape index (κ3) is 3.31. The van der Waals surface area contributed by atoms with Gasteiger partial charge in [0.25, 0.3) is 6.47 Å². The van der Waals surface area contributed by atoms with E-state index in [9.17, 15) is 4.79 Å². The van der Waals surface area contributed by atoms with Crippen LogP contribution in [0.5, 0.6) is 11.5 Å². The van der Waals surface area contributed by atoms with E-state index in [2.05, 4.69) is 4.74 Å². The summed E-state index contributed by atoms with van der Waals surface area (Å²) in [5, 5.41) is 0. The standard InChI is InChI=1S/C12H14O4/c1-14-11-6-5-10(8-12(11)15-2)4-3-7-16-9-13/h3-6,8-9H,7H2,1-2H3/b4-3+. The molecule has 1 rings (SSSR count). The second-order valence-electron chi connectivity index (χ2n) is 2.95. The Kier molecular flexibility index (Phi) is 4.92. The topological polar surface area (TPSA) is 44.8 Å². The van der Waals surface area contributed by atoms with Gasteiger partial charge in [0.2, 0.25) is 0 Å². The van der Waals surface area contributed by atoms with Gasteiger partial charge in [-0.25, -0.2) is 0 Å². The monoisotopic (exact) mass is 222 g/mol. The van der Waals surface area contributed by atoms with E-state index in [1.807, 2.05) is 24.3 Å². The molecule has 0 aliphatic rings. The predicted octanol–water partition coefficient (Wildman–Crippen LogP) is 1.89. The van der Waals surface area contributed by atoms with E-state index in [4.69, 9.17) is 9.47 Å². The molecule has 86 valence electrons. The molecule has 0 heterocycles. The Hall–Kier alpha value is -1.97. The van der Waals surface area contributed by atoms with Gasteiger partial charge in [-0.05, 0) is 23.8 Å². The lowest BCUT2D eigenvalue weighted by Gasteiger charge is -2.07. The van der Waals surface area contributed by atoms with Gasteiger partial charge in [0.1, 0.15) is 6.61 Å². The number of hydrogen-bond acceptors (Lipinski definition) is 4. The number of hydrogen-bond donors (Lipinski definition) is 0. The molecule has 0 aliphatic heterocycles. The van der Waals surface area contributed by atoms with Crippen LogP contribution in [0.25, 0.3) is 6.08 Å². The Morgan fingerprint density at radius 3 is 2.56 bits per heavy atom. The maximum atomic E-state index is 9.91. The maximum absolute atomic E-state index is 9.91. The van der Waals surface area contributed by atoms with Crippen LogP contribution in [0, 0.1) is 0 Å². The Balaban J connectivity index is 2.74. The van der Waals surface area contributed by atoms with Crippen LogP contribution in [0.4, 0.5) is 0 Å². The van der Waals surface area contributed by atoms with Crippen molar-refractivity contribution in [2.24, 2.45) is 0 Å². The lowest BCUT2D eigenvalue weighted by atomic mass is 10.2. The molecule has 0 saturated carbocycles. The SMILES string of the molecule is COc1ccc(/C=C/COC=O)cc1OC. The van der Waals surface area contributed by atoms with Gasteiger partial charge in [-0.1, -0.05) is 12.1 Å². The molecule has 0 aliphatic carbocycles. The molecule has 4 heteroatoms. The highest BCUT2D eigenvalue weighted by Crippen LogP contribution is 2.27. The minimum Gasteiger partial charge on any atom is -0.493 e. The van der Waals surface area contributed by atoms with Crippen molar-refractivity contribution in [3.05, 3.63) is 29.8 Å². The molecule has 1 aromatic carbocycles. The number of ether oxygens (including phenoxy) is 3. The van der Waals surface area contributed by atoms with Crippen molar-refractivity contribution < 1.29 is 19.0 Å². The average Bonchev–Trinajstić information content (AvgIpc) is 2.34. The summed E-state index contributed by atoms with van der Waals surface area (Å²) in [6, 6.07) is 5.55. The van der Waals surface area contributed by atoms with Crippen molar-refractivity contribution in [3.8, 4) is 11.5 Å². The Morgan fingerprint density at radius 1 is 1.19 bits per heavy atom. The minimum atomic E-state index is 0.262. The first-order chi connectivity index (χ1) is 7.81. The number of carbonyl (C=O) groups is 1. The summed E-state index contributed by atoms with van der Waals surface area (Å²) in [5.74, 6) is 1.35. The zero-order valence-corrected chi connectivity index (χ0v) is 9.30. The van der Waals surface area contributed by atoms with Gasteiger partial charge in [0.15, 0.2) is 11.5 Å². The Morgan fingerprint density at radius 2 is 1.94 bits per heavy atom. The molecule has 0 saturated heterocycles. The zero-order chi connectivity index (χ0) is 11.8. The van der Waals surface area contributed by atoms with Crippen LogP contribution in [0.15, 0.2) is 24.3 Å². The number of methoxy groups -OCH3 is 2. The predicted molar refractivity (Wildman–Crippen MR) is 60.6 cm³/mol. The van der Waals surface area contributed by atoms with Crippen LogP contribution in [0.1, 0.15) is 5.56 Å². The lowest BCUT2D eigenvalue weighted by Crippen LogP contribution is -1.90. The van der Waals surface area contributed by atoms with Crippen LogP contribution >= 0.6 is 0 Å². The maximum Gasteiger partial charge on any atom is 0.293 e. The van der Waals surface area contributed by atoms with E-state index in [-0.39, 0.29) is 6.61 Å². The number of carbonyl (C=O) groups excluding carboxylic acids is 1. The number of benzene rings is 1. The molecular weight excluding hydrogens is 208 g/mol. The molecule has 1 aromatic rings. The van der Waals surface area contributed by atoms with Crippen molar-refractivity contribution in [2.75, 3.05) is 20.8 Å². The molecule has 0 amide bonds. The van der Waals surface area contributed by atoms with Crippen LogP contribution in [-0.2, 0) is 9.53 Å². The summed E-state index contributed by atoms with van der Waals surface area (Å²) in [7, 11) is 3.17. The fourth-order valence-electron chi connectivity index (χ4n) is 1.24. The van der Waals surface area contributed by atoms with Gasteiger partial charge >= 0.3 is 0 Å². The second-order valence-corrected chi connectivity index (χ2v) is 2.95. The average molecular weight is 222 g/mol. The molecule has 4 nitrogen and oxygen atoms in total. The van der Waals surface area contributed by atoms with Crippen molar-refractivity contribution in [1.82, 2.24) is 0 Å². The second kappa shape index (κ2) is 6.50. The molecule has 0 atom stereocenters. The zero-order valence-electron chi connectivity index (χ0n) is 9.30. The van der Waals surface area contributed by atoms with E-state index >= 15 is 0 Å². The molecule has 16 heavy (non-hydrogen) atoms. The summed E-state index contributed by atoms with van der Waals surface area (Å²) < 4.78 is 14.8. The molecule has 0 bridgehead atoms. The third-order valence-electron chi connectivity index (χ3n) is 1.98. The molecular formula is C12H14O4. The van der Waals surface area contributed by atoms with E-state index in [0.717, 1.165) is 5.56 Å². The molecule has 0 spiro atoms. The highest BCUT2D eigenvalue weighted by molar-refractivity contribution is 5.56. The summed E-state index contributed by atoms with van der Waals surface area (Å²) in [6.07, 6.45) is 3.58. The van der Waals surface area contributed by atoms with Crippen LogP contribution in [-0.4, -0.2) is 27.3 Å². The van der Waals surface area contributed by atoms with E-state index in [1.54, 1.807) is 20.3 Å².